The molecule has 0 unspecified atom stereocenters. The number of amides is 1. The van der Waals surface area contributed by atoms with Crippen LogP contribution in [0.4, 0.5) is 0 Å². The molecule has 2 fully saturated rings. The maximum atomic E-state index is 12.3. The molecule has 0 spiro atoms. The maximum absolute atomic E-state index is 12.3. The van der Waals surface area contributed by atoms with Gasteiger partial charge in [0.2, 0.25) is 5.91 Å². The first-order valence-corrected chi connectivity index (χ1v) is 8.48. The molecule has 1 amide bonds. The molecule has 1 heterocycles. The highest BCUT2D eigenvalue weighted by Gasteiger charge is 2.44. The second-order valence-corrected chi connectivity index (χ2v) is 8.04. The molecule has 1 aromatic rings. The number of likely N-dealkylation sites (tertiary alicyclic amines) is 1. The van der Waals surface area contributed by atoms with Crippen LogP contribution in [0.25, 0.3) is 0 Å². The third-order valence-corrected chi connectivity index (χ3v) is 5.49. The number of hydrogen-bond acceptors (Lipinski definition) is 2. The zero-order valence-electron chi connectivity index (χ0n) is 14.1. The summed E-state index contributed by atoms with van der Waals surface area (Å²) in [6.45, 7) is 8.61. The summed E-state index contributed by atoms with van der Waals surface area (Å²) >= 11 is 0. The quantitative estimate of drug-likeness (QED) is 0.933. The van der Waals surface area contributed by atoms with Crippen molar-refractivity contribution in [3.8, 4) is 0 Å². The van der Waals surface area contributed by atoms with Crippen molar-refractivity contribution in [1.82, 2.24) is 4.90 Å². The van der Waals surface area contributed by atoms with Gasteiger partial charge in [-0.05, 0) is 55.3 Å². The molecule has 1 saturated carbocycles. The summed E-state index contributed by atoms with van der Waals surface area (Å²) < 4.78 is 0. The molecule has 1 aliphatic heterocycles. The molecule has 1 aromatic carbocycles. The van der Waals surface area contributed by atoms with E-state index in [1.54, 1.807) is 0 Å². The first-order valence-electron chi connectivity index (χ1n) is 8.48. The second kappa shape index (κ2) is 5.38. The molecule has 2 aliphatic rings. The Kier molecular flexibility index (Phi) is 3.80. The summed E-state index contributed by atoms with van der Waals surface area (Å²) in [7, 11) is 0. The normalized spacial score (nSPS) is 22.5. The molecular formula is C19H28N2O. The second-order valence-electron chi connectivity index (χ2n) is 8.04. The molecule has 3 heteroatoms. The van der Waals surface area contributed by atoms with E-state index in [0.717, 1.165) is 37.5 Å². The third kappa shape index (κ3) is 2.79. The predicted molar refractivity (Wildman–Crippen MR) is 89.8 cm³/mol. The molecule has 22 heavy (non-hydrogen) atoms. The van der Waals surface area contributed by atoms with Crippen molar-refractivity contribution in [2.45, 2.75) is 63.3 Å². The van der Waals surface area contributed by atoms with Crippen LogP contribution in [0.2, 0.25) is 0 Å². The summed E-state index contributed by atoms with van der Waals surface area (Å²) in [5, 5.41) is 0. The Labute approximate surface area is 133 Å². The van der Waals surface area contributed by atoms with Crippen molar-refractivity contribution in [3.05, 3.63) is 35.4 Å². The monoisotopic (exact) mass is 300 g/mol. The molecule has 0 aromatic heterocycles. The number of hydrogen-bond donors (Lipinski definition) is 1. The summed E-state index contributed by atoms with van der Waals surface area (Å²) in [4.78, 5) is 14.8. The number of carbonyl (C=O) groups is 1. The van der Waals surface area contributed by atoms with E-state index in [1.807, 2.05) is 0 Å². The van der Waals surface area contributed by atoms with E-state index in [2.05, 4.69) is 49.9 Å². The van der Waals surface area contributed by atoms with E-state index in [0.29, 0.717) is 0 Å². The van der Waals surface area contributed by atoms with Crippen molar-refractivity contribution in [1.29, 1.82) is 0 Å². The van der Waals surface area contributed by atoms with Crippen LogP contribution < -0.4 is 5.73 Å². The predicted octanol–water partition coefficient (Wildman–Crippen LogP) is 2.97. The van der Waals surface area contributed by atoms with E-state index >= 15 is 0 Å². The number of piperidine rings is 1. The van der Waals surface area contributed by atoms with E-state index in [-0.39, 0.29) is 11.3 Å². The largest absolute Gasteiger partial charge is 0.369 e. The molecule has 0 bridgehead atoms. The van der Waals surface area contributed by atoms with Gasteiger partial charge in [0.05, 0.1) is 5.41 Å². The van der Waals surface area contributed by atoms with Gasteiger partial charge in [-0.3, -0.25) is 4.79 Å². The molecule has 0 radical (unpaired) electrons. The van der Waals surface area contributed by atoms with E-state index in [9.17, 15) is 4.79 Å². The van der Waals surface area contributed by atoms with Crippen LogP contribution in [0.3, 0.4) is 0 Å². The number of nitrogens with zero attached hydrogens (tertiary/aromatic N) is 1. The SMILES string of the molecule is CC(C)(C)c1ccc(C2(C(N)=O)CCN(C3CC3)CC2)cc1. The number of rotatable bonds is 3. The minimum absolute atomic E-state index is 0.133. The van der Waals surface area contributed by atoms with Gasteiger partial charge < -0.3 is 10.6 Å². The molecule has 3 rings (SSSR count). The van der Waals surface area contributed by atoms with Crippen LogP contribution in [-0.2, 0) is 15.6 Å². The summed E-state index contributed by atoms with van der Waals surface area (Å²) in [5.41, 5.74) is 7.90. The number of benzene rings is 1. The van der Waals surface area contributed by atoms with Crippen LogP contribution in [0, 0.1) is 0 Å². The fourth-order valence-electron chi connectivity index (χ4n) is 3.68. The van der Waals surface area contributed by atoms with E-state index in [1.165, 1.54) is 18.4 Å². The lowest BCUT2D eigenvalue weighted by molar-refractivity contribution is -0.125. The minimum Gasteiger partial charge on any atom is -0.369 e. The lowest BCUT2D eigenvalue weighted by atomic mass is 9.71. The summed E-state index contributed by atoms with van der Waals surface area (Å²) in [6.07, 6.45) is 4.36. The Morgan fingerprint density at radius 3 is 2.09 bits per heavy atom. The van der Waals surface area contributed by atoms with Gasteiger partial charge in [0.25, 0.3) is 0 Å². The number of primary amides is 1. The number of carbonyl (C=O) groups excluding carboxylic acids is 1. The Hall–Kier alpha value is -1.35. The molecule has 120 valence electrons. The first kappa shape index (κ1) is 15.5. The highest BCUT2D eigenvalue weighted by Crippen LogP contribution is 2.39. The van der Waals surface area contributed by atoms with E-state index < -0.39 is 5.41 Å². The third-order valence-electron chi connectivity index (χ3n) is 5.49. The number of nitrogens with two attached hydrogens (primary N) is 1. The van der Waals surface area contributed by atoms with E-state index in [4.69, 9.17) is 5.73 Å². The summed E-state index contributed by atoms with van der Waals surface area (Å²) in [6, 6.07) is 9.34. The molecule has 0 atom stereocenters. The zero-order valence-corrected chi connectivity index (χ0v) is 14.1. The Morgan fingerprint density at radius 1 is 1.14 bits per heavy atom. The Bertz CT molecular complexity index is 544. The van der Waals surface area contributed by atoms with Crippen LogP contribution >= 0.6 is 0 Å². The van der Waals surface area contributed by atoms with Crippen molar-refractivity contribution in [2.24, 2.45) is 5.73 Å². The lowest BCUT2D eigenvalue weighted by Crippen LogP contribution is -2.50. The fourth-order valence-corrected chi connectivity index (χ4v) is 3.68. The Morgan fingerprint density at radius 2 is 1.68 bits per heavy atom. The van der Waals surface area contributed by atoms with Gasteiger partial charge >= 0.3 is 0 Å². The average Bonchev–Trinajstić information content (AvgIpc) is 3.31. The average molecular weight is 300 g/mol. The van der Waals surface area contributed by atoms with Gasteiger partial charge in [-0.15, -0.1) is 0 Å². The van der Waals surface area contributed by atoms with Crippen LogP contribution in [0.5, 0.6) is 0 Å². The highest BCUT2D eigenvalue weighted by atomic mass is 16.1. The molecule has 1 saturated heterocycles. The van der Waals surface area contributed by atoms with Gasteiger partial charge in [0.15, 0.2) is 0 Å². The lowest BCUT2D eigenvalue weighted by Gasteiger charge is -2.40. The van der Waals surface area contributed by atoms with Crippen molar-refractivity contribution < 1.29 is 4.79 Å². The molecule has 2 N–H and O–H groups in total. The smallest absolute Gasteiger partial charge is 0.228 e. The van der Waals surface area contributed by atoms with Crippen LogP contribution in [0.1, 0.15) is 57.6 Å². The minimum atomic E-state index is -0.470. The highest BCUT2D eigenvalue weighted by molar-refractivity contribution is 5.87. The summed E-state index contributed by atoms with van der Waals surface area (Å²) in [5.74, 6) is -0.161. The van der Waals surface area contributed by atoms with Crippen molar-refractivity contribution in [2.75, 3.05) is 13.1 Å². The Balaban J connectivity index is 1.83. The first-order chi connectivity index (χ1) is 10.3. The van der Waals surface area contributed by atoms with Gasteiger partial charge in [0.1, 0.15) is 0 Å². The molecule has 1 aliphatic carbocycles. The van der Waals surface area contributed by atoms with Gasteiger partial charge in [-0.2, -0.15) is 0 Å². The zero-order chi connectivity index (χ0) is 16.0. The standard InChI is InChI=1S/C19H28N2O/c1-18(2,3)14-4-6-15(7-5-14)19(17(20)22)10-12-21(13-11-19)16-8-9-16/h4-7,16H,8-13H2,1-3H3,(H2,20,22). The molecule has 3 nitrogen and oxygen atoms in total. The van der Waals surface area contributed by atoms with Crippen LogP contribution in [-0.4, -0.2) is 29.9 Å². The van der Waals surface area contributed by atoms with Gasteiger partial charge in [-0.25, -0.2) is 0 Å². The fraction of sp³-hybridized carbons (Fsp3) is 0.632. The van der Waals surface area contributed by atoms with Crippen LogP contribution in [0.15, 0.2) is 24.3 Å². The van der Waals surface area contributed by atoms with Crippen molar-refractivity contribution >= 4 is 5.91 Å². The topological polar surface area (TPSA) is 46.3 Å². The molecular weight excluding hydrogens is 272 g/mol. The maximum Gasteiger partial charge on any atom is 0.228 e. The van der Waals surface area contributed by atoms with Gasteiger partial charge in [0, 0.05) is 6.04 Å². The van der Waals surface area contributed by atoms with Gasteiger partial charge in [-0.1, -0.05) is 45.0 Å². The van der Waals surface area contributed by atoms with Crippen molar-refractivity contribution in [3.63, 3.8) is 0 Å².